The molecule has 1 aromatic heterocycles. The largest absolute Gasteiger partial charge is 0.445 e. The Morgan fingerprint density at radius 3 is 2.96 bits per heavy atom. The van der Waals surface area contributed by atoms with Crippen LogP contribution in [0.4, 0.5) is 4.79 Å². The Hall–Kier alpha value is -2.45. The highest BCUT2D eigenvalue weighted by molar-refractivity contribution is 5.67. The van der Waals surface area contributed by atoms with Gasteiger partial charge in [0.1, 0.15) is 12.3 Å². The van der Waals surface area contributed by atoms with Crippen molar-refractivity contribution in [3.8, 4) is 0 Å². The molecule has 2 atom stereocenters. The minimum atomic E-state index is -0.459. The first-order valence-corrected chi connectivity index (χ1v) is 7.80. The number of hydrogen-bond acceptors (Lipinski definition) is 6. The molecular formula is C16H20N4O4. The number of rotatable bonds is 6. The van der Waals surface area contributed by atoms with E-state index >= 15 is 0 Å². The molecule has 0 aliphatic carbocycles. The first kappa shape index (κ1) is 16.4. The van der Waals surface area contributed by atoms with E-state index in [2.05, 4.69) is 15.6 Å². The molecule has 24 heavy (non-hydrogen) atoms. The lowest BCUT2D eigenvalue weighted by Crippen LogP contribution is -2.33. The van der Waals surface area contributed by atoms with Gasteiger partial charge in [-0.15, -0.1) is 5.10 Å². The van der Waals surface area contributed by atoms with E-state index < -0.39 is 6.09 Å². The van der Waals surface area contributed by atoms with E-state index in [-0.39, 0.29) is 25.2 Å². The quantitative estimate of drug-likeness (QED) is 0.815. The smallest absolute Gasteiger partial charge is 0.407 e. The number of amides is 1. The molecule has 0 saturated carbocycles. The summed E-state index contributed by atoms with van der Waals surface area (Å²) in [5.41, 5.74) is 1.45. The van der Waals surface area contributed by atoms with Crippen LogP contribution in [0, 0.1) is 5.92 Å². The summed E-state index contributed by atoms with van der Waals surface area (Å²) in [6, 6.07) is 9.49. The SMILES string of the molecule is O=C(NC[C@@H]1COC[C@H]1n1cc(CO)nn1)OCc1ccccc1. The first-order valence-electron chi connectivity index (χ1n) is 7.80. The van der Waals surface area contributed by atoms with Crippen molar-refractivity contribution in [3.05, 3.63) is 47.8 Å². The van der Waals surface area contributed by atoms with Crippen LogP contribution in [0.25, 0.3) is 0 Å². The van der Waals surface area contributed by atoms with Crippen LogP contribution >= 0.6 is 0 Å². The van der Waals surface area contributed by atoms with Crippen LogP contribution in [0.3, 0.4) is 0 Å². The second-order valence-corrected chi connectivity index (χ2v) is 5.66. The lowest BCUT2D eigenvalue weighted by atomic mass is 10.0. The van der Waals surface area contributed by atoms with Gasteiger partial charge in [0.2, 0.25) is 0 Å². The van der Waals surface area contributed by atoms with Crippen molar-refractivity contribution in [1.29, 1.82) is 0 Å². The summed E-state index contributed by atoms with van der Waals surface area (Å²) in [5, 5.41) is 19.7. The zero-order chi connectivity index (χ0) is 16.8. The lowest BCUT2D eigenvalue weighted by Gasteiger charge is -2.17. The number of nitrogens with one attached hydrogen (secondary N) is 1. The number of carbonyl (C=O) groups excluding carboxylic acids is 1. The number of aliphatic hydroxyl groups is 1. The van der Waals surface area contributed by atoms with Crippen molar-refractivity contribution in [2.45, 2.75) is 19.3 Å². The highest BCUT2D eigenvalue weighted by atomic mass is 16.5. The van der Waals surface area contributed by atoms with E-state index in [9.17, 15) is 4.79 Å². The molecule has 128 valence electrons. The minimum absolute atomic E-state index is 0.0211. The van der Waals surface area contributed by atoms with E-state index in [0.29, 0.717) is 25.5 Å². The van der Waals surface area contributed by atoms with Gasteiger partial charge in [0.15, 0.2) is 0 Å². The molecular weight excluding hydrogens is 312 g/mol. The van der Waals surface area contributed by atoms with Gasteiger partial charge in [0.05, 0.1) is 32.1 Å². The van der Waals surface area contributed by atoms with Gasteiger partial charge in [0.25, 0.3) is 0 Å². The number of benzene rings is 1. The molecule has 0 unspecified atom stereocenters. The van der Waals surface area contributed by atoms with E-state index in [1.54, 1.807) is 10.9 Å². The summed E-state index contributed by atoms with van der Waals surface area (Å²) in [6.07, 6.45) is 1.24. The van der Waals surface area contributed by atoms with Gasteiger partial charge in [-0.25, -0.2) is 9.48 Å². The van der Waals surface area contributed by atoms with Crippen molar-refractivity contribution < 1.29 is 19.4 Å². The molecule has 1 aromatic carbocycles. The van der Waals surface area contributed by atoms with Gasteiger partial charge in [-0.05, 0) is 5.56 Å². The van der Waals surface area contributed by atoms with Crippen molar-refractivity contribution >= 4 is 6.09 Å². The predicted octanol–water partition coefficient (Wildman–Crippen LogP) is 0.884. The third-order valence-electron chi connectivity index (χ3n) is 3.95. The van der Waals surface area contributed by atoms with Crippen LogP contribution in [0.15, 0.2) is 36.5 Å². The molecule has 0 bridgehead atoms. The molecule has 1 fully saturated rings. The molecule has 2 aromatic rings. The van der Waals surface area contributed by atoms with Crippen LogP contribution in [0.2, 0.25) is 0 Å². The molecule has 8 nitrogen and oxygen atoms in total. The van der Waals surface area contributed by atoms with E-state index in [1.807, 2.05) is 30.3 Å². The monoisotopic (exact) mass is 332 g/mol. The molecule has 1 aliphatic heterocycles. The summed E-state index contributed by atoms with van der Waals surface area (Å²) in [7, 11) is 0. The zero-order valence-electron chi connectivity index (χ0n) is 13.2. The maximum atomic E-state index is 11.8. The van der Waals surface area contributed by atoms with Crippen LogP contribution in [-0.2, 0) is 22.7 Å². The number of aliphatic hydroxyl groups excluding tert-OH is 1. The summed E-state index contributed by atoms with van der Waals surface area (Å²) in [5.74, 6) is 0.0718. The maximum Gasteiger partial charge on any atom is 0.407 e. The Balaban J connectivity index is 1.47. The number of alkyl carbamates (subject to hydrolysis) is 1. The average Bonchev–Trinajstić information content (AvgIpc) is 3.27. The third kappa shape index (κ3) is 4.09. The van der Waals surface area contributed by atoms with Gasteiger partial charge in [-0.3, -0.25) is 0 Å². The van der Waals surface area contributed by atoms with Crippen LogP contribution in [0.5, 0.6) is 0 Å². The highest BCUT2D eigenvalue weighted by Gasteiger charge is 2.31. The second kappa shape index (κ2) is 7.89. The minimum Gasteiger partial charge on any atom is -0.445 e. The fourth-order valence-corrected chi connectivity index (χ4v) is 2.61. The van der Waals surface area contributed by atoms with Gasteiger partial charge < -0.3 is 19.9 Å². The fraction of sp³-hybridized carbons (Fsp3) is 0.438. The average molecular weight is 332 g/mol. The summed E-state index contributed by atoms with van der Waals surface area (Å²) < 4.78 is 12.4. The van der Waals surface area contributed by atoms with E-state index in [0.717, 1.165) is 5.56 Å². The standard InChI is InChI=1S/C16H20N4O4/c21-8-14-7-20(19-18-14)15-11-23-10-13(15)6-17-16(22)24-9-12-4-2-1-3-5-12/h1-5,7,13,15,21H,6,8-11H2,(H,17,22)/t13-,15-/m1/s1. The van der Waals surface area contributed by atoms with E-state index in [4.69, 9.17) is 14.6 Å². The number of hydrogen-bond donors (Lipinski definition) is 2. The Labute approximate surface area is 139 Å². The summed E-state index contributed by atoms with van der Waals surface area (Å²) in [4.78, 5) is 11.8. The second-order valence-electron chi connectivity index (χ2n) is 5.66. The lowest BCUT2D eigenvalue weighted by molar-refractivity contribution is 0.136. The topological polar surface area (TPSA) is 98.5 Å². The molecule has 0 radical (unpaired) electrons. The predicted molar refractivity (Wildman–Crippen MR) is 83.9 cm³/mol. The molecule has 0 spiro atoms. The van der Waals surface area contributed by atoms with Crippen molar-refractivity contribution in [3.63, 3.8) is 0 Å². The molecule has 3 rings (SSSR count). The first-order chi connectivity index (χ1) is 11.8. The number of carbonyl (C=O) groups is 1. The Kier molecular flexibility index (Phi) is 5.39. The summed E-state index contributed by atoms with van der Waals surface area (Å²) >= 11 is 0. The van der Waals surface area contributed by atoms with Crippen LogP contribution in [-0.4, -0.2) is 46.0 Å². The van der Waals surface area contributed by atoms with Crippen molar-refractivity contribution in [1.82, 2.24) is 20.3 Å². The Bertz CT molecular complexity index is 661. The number of nitrogens with zero attached hydrogens (tertiary/aromatic N) is 3. The molecule has 1 amide bonds. The third-order valence-corrected chi connectivity index (χ3v) is 3.95. The van der Waals surface area contributed by atoms with Gasteiger partial charge in [0, 0.05) is 12.5 Å². The molecule has 1 saturated heterocycles. The van der Waals surface area contributed by atoms with Crippen molar-refractivity contribution in [2.75, 3.05) is 19.8 Å². The number of aromatic nitrogens is 3. The number of ether oxygens (including phenoxy) is 2. The van der Waals surface area contributed by atoms with Crippen LogP contribution in [0.1, 0.15) is 17.3 Å². The van der Waals surface area contributed by atoms with Gasteiger partial charge in [-0.1, -0.05) is 35.5 Å². The van der Waals surface area contributed by atoms with Gasteiger partial charge >= 0.3 is 6.09 Å². The molecule has 2 N–H and O–H groups in total. The Morgan fingerprint density at radius 2 is 2.21 bits per heavy atom. The highest BCUT2D eigenvalue weighted by Crippen LogP contribution is 2.24. The Morgan fingerprint density at radius 1 is 1.38 bits per heavy atom. The molecule has 1 aliphatic rings. The molecule has 8 heteroatoms. The van der Waals surface area contributed by atoms with E-state index in [1.165, 1.54) is 0 Å². The van der Waals surface area contributed by atoms with Crippen molar-refractivity contribution in [2.24, 2.45) is 5.92 Å². The maximum absolute atomic E-state index is 11.8. The van der Waals surface area contributed by atoms with Gasteiger partial charge in [-0.2, -0.15) is 0 Å². The molecule has 2 heterocycles. The zero-order valence-corrected chi connectivity index (χ0v) is 13.2. The summed E-state index contributed by atoms with van der Waals surface area (Å²) in [6.45, 7) is 1.53. The fourth-order valence-electron chi connectivity index (χ4n) is 2.61. The van der Waals surface area contributed by atoms with Crippen LogP contribution < -0.4 is 5.32 Å². The normalized spacial score (nSPS) is 20.0.